The second-order valence-electron chi connectivity index (χ2n) is 29.9. The molecule has 21 N–H and O–H groups in total. The molecule has 638 valence electrons. The maximum Gasteiger partial charge on any atom is 0.246 e. The van der Waals surface area contributed by atoms with Crippen molar-refractivity contribution in [2.75, 3.05) is 65.4 Å². The number of nitrogens with two attached hydrogens (primary N) is 5. The predicted molar refractivity (Wildman–Crippen MR) is 437 cm³/mol. The van der Waals surface area contributed by atoms with Gasteiger partial charge in [0.2, 0.25) is 82.7 Å². The largest absolute Gasteiger partial charge is 0.508 e. The van der Waals surface area contributed by atoms with Crippen molar-refractivity contribution in [2.24, 2.45) is 28.7 Å². The Morgan fingerprint density at radius 2 is 1.09 bits per heavy atom. The van der Waals surface area contributed by atoms with Crippen molar-refractivity contribution in [3.05, 3.63) is 102 Å². The van der Waals surface area contributed by atoms with E-state index in [0.717, 1.165) is 32.0 Å². The number of rotatable bonds is 46. The van der Waals surface area contributed by atoms with E-state index >= 15 is 24.0 Å². The number of aliphatic hydroxyl groups is 1. The number of phenolic OH excluding ortho intramolecular Hbond substituents is 1. The van der Waals surface area contributed by atoms with Gasteiger partial charge in [-0.1, -0.05) is 88.1 Å². The van der Waals surface area contributed by atoms with Crippen LogP contribution in [0.5, 0.6) is 5.75 Å². The highest BCUT2D eigenvalue weighted by atomic mass is 32.2. The average Bonchev–Trinajstić information content (AvgIpc) is 1.74. The Hall–Kier alpha value is -11.0. The van der Waals surface area contributed by atoms with Crippen LogP contribution < -0.4 is 65.9 Å². The number of unbranched alkanes of at least 4 members (excludes halogenated alkanes) is 2. The lowest BCUT2D eigenvalue weighted by Crippen LogP contribution is -2.61. The number of likely N-dealkylation sites (tertiary alicyclic amines) is 2. The van der Waals surface area contributed by atoms with E-state index in [1.54, 1.807) is 54.9 Å². The van der Waals surface area contributed by atoms with E-state index in [2.05, 4.69) is 47.2 Å². The van der Waals surface area contributed by atoms with Crippen LogP contribution in [-0.2, 0) is 91.2 Å². The lowest BCUT2D eigenvalue weighted by Gasteiger charge is -2.35. The number of β-amino-alcohol motifs (C(OH)–C–C–N with tert-alkyl or cyclic N) is 1. The molecule has 7 rings (SSSR count). The third kappa shape index (κ3) is 25.7. The summed E-state index contributed by atoms with van der Waals surface area (Å²) in [6.07, 6.45) is 2.70. The number of H-pyrrole nitrogens is 2. The molecule has 2 aliphatic rings. The molecule has 2 fully saturated rings. The molecule has 0 bridgehead atoms. The first-order chi connectivity index (χ1) is 55.7. The third-order valence-corrected chi connectivity index (χ3v) is 22.2. The lowest BCUT2D eigenvalue weighted by molar-refractivity contribution is -0.149. The Balaban J connectivity index is 1.08. The predicted octanol–water partition coefficient (Wildman–Crippen LogP) is -1.66. The number of fused-ring (bicyclic) bond motifs is 2. The summed E-state index contributed by atoms with van der Waals surface area (Å²) in [5, 5.41) is 41.2. The van der Waals surface area contributed by atoms with Crippen LogP contribution in [0.15, 0.2) is 85.2 Å². The molecule has 36 nitrogen and oxygen atoms in total. The molecule has 0 aliphatic carbocycles. The number of aromatic hydroxyl groups is 1. The number of hydrogen-bond acceptors (Lipinski definition) is 21. The highest BCUT2D eigenvalue weighted by Gasteiger charge is 2.46. The summed E-state index contributed by atoms with van der Waals surface area (Å²) in [5.41, 5.74) is 32.4. The quantitative estimate of drug-likeness (QED) is 0.0194. The van der Waals surface area contributed by atoms with Gasteiger partial charge in [-0.05, 0) is 99.9 Å². The molecule has 0 unspecified atom stereocenters. The van der Waals surface area contributed by atoms with Crippen molar-refractivity contribution >= 4 is 122 Å². The monoisotopic (exact) mass is 1650 g/mol. The lowest BCUT2D eigenvalue weighted by atomic mass is 10.00. The molecule has 4 heterocycles. The molecule has 3 aromatic carbocycles. The number of nitrogens with one attached hydrogen (secondary N) is 9. The number of aromatic amines is 2. The number of Topliss-reactive ketones (excluding diaryl/α,β-unsaturated/α-hetero) is 1. The second-order valence-corrected chi connectivity index (χ2v) is 31.0. The molecule has 5 aromatic rings. The van der Waals surface area contributed by atoms with E-state index in [4.69, 9.17) is 28.7 Å². The van der Waals surface area contributed by atoms with Gasteiger partial charge in [0.05, 0.1) is 18.3 Å². The van der Waals surface area contributed by atoms with E-state index in [1.807, 2.05) is 32.0 Å². The molecule has 117 heavy (non-hydrogen) atoms. The summed E-state index contributed by atoms with van der Waals surface area (Å²) < 4.78 is 0. The molecule has 2 aliphatic heterocycles. The number of carbonyl (C=O) groups is 15. The number of thioether (sulfide) groups is 1. The van der Waals surface area contributed by atoms with Crippen LogP contribution in [0, 0.1) is 0 Å². The summed E-state index contributed by atoms with van der Waals surface area (Å²) in [6.45, 7) is 5.37. The molecular weight excluding hydrogens is 1530 g/mol. The van der Waals surface area contributed by atoms with Crippen molar-refractivity contribution in [2.45, 2.75) is 209 Å². The number of para-hydroxylation sites is 2. The number of carbonyl (C=O) groups excluding carboxylic acids is 15. The van der Waals surface area contributed by atoms with Crippen molar-refractivity contribution in [3.63, 3.8) is 0 Å². The zero-order valence-corrected chi connectivity index (χ0v) is 68.2. The highest BCUT2D eigenvalue weighted by Crippen LogP contribution is 2.27. The molecule has 2 saturated heterocycles. The standard InChI is InChI=1S/C80H115N19O17S/c1-8-10-21-63(69(85)105)96(6)80(116)65(22-11-9-2)97(7)77(113)60(37-49-42-87-55-20-15-13-18-53(49)55)93-71(107)56(30-31-81)89-72(108)58(36-48-41-86-54-19-14-12-17-52(48)54)91-75(111)66-38-51(102)43-99(66)78(114)57(29-24-45(3)100)90-73(109)62(40-83)94-74(110)64-23-16-33-98(64)79(115)61(39-67(84)103)92-70(106)46(4)95(5)76(112)59(88-68(104)44-117-34-32-82)35-47-25-27-50(101)28-26-47/h12-15,17-20,25-28,41-42,46,51,56-66,86-87,101-102H,8-11,16,21-24,29-40,43-44,81-83H2,1-7H3,(H2,84,103)(H2,85,105)(H,88,104)(H,89,108)(H,90,109)(H,91,111)(H,92,106)(H,93,107)(H,94,110)/t46-,51+,56-,57-,58-,59-,60-,61-,62-,63-,64-,65-,66-/m0/s1. The Morgan fingerprint density at radius 3 is 1.67 bits per heavy atom. The fraction of sp³-hybridized carbons (Fsp3) is 0.537. The van der Waals surface area contributed by atoms with Crippen LogP contribution in [0.2, 0.25) is 0 Å². The number of aliphatic hydroxyl groups excluding tert-OH is 1. The molecule has 0 saturated carbocycles. The van der Waals surface area contributed by atoms with E-state index in [0.29, 0.717) is 65.6 Å². The van der Waals surface area contributed by atoms with Crippen molar-refractivity contribution in [1.29, 1.82) is 0 Å². The first-order valence-corrected chi connectivity index (χ1v) is 40.7. The van der Waals surface area contributed by atoms with Gasteiger partial charge >= 0.3 is 0 Å². The number of phenols is 1. The van der Waals surface area contributed by atoms with Crippen LogP contribution in [0.3, 0.4) is 0 Å². The summed E-state index contributed by atoms with van der Waals surface area (Å²) in [5.74, 6) is -11.7. The number of benzene rings is 3. The number of ketones is 1. The smallest absolute Gasteiger partial charge is 0.246 e. The van der Waals surface area contributed by atoms with Gasteiger partial charge in [0.15, 0.2) is 0 Å². The van der Waals surface area contributed by atoms with Gasteiger partial charge < -0.3 is 115 Å². The molecule has 14 amide bonds. The Kier molecular flexibility index (Phi) is 35.8. The Labute approximate surface area is 683 Å². The topological polar surface area (TPSA) is 559 Å². The van der Waals surface area contributed by atoms with Crippen LogP contribution >= 0.6 is 11.8 Å². The fourth-order valence-electron chi connectivity index (χ4n) is 14.5. The first kappa shape index (κ1) is 93.1. The molecular formula is C80H115N19O17S. The van der Waals surface area contributed by atoms with Gasteiger partial charge in [0.1, 0.15) is 84.0 Å². The van der Waals surface area contributed by atoms with Crippen LogP contribution in [0.1, 0.15) is 128 Å². The summed E-state index contributed by atoms with van der Waals surface area (Å²) in [6, 6.07) is 3.38. The van der Waals surface area contributed by atoms with Gasteiger partial charge in [-0.3, -0.25) is 67.1 Å². The fourth-order valence-corrected chi connectivity index (χ4v) is 15.1. The second kappa shape index (κ2) is 44.9. The molecule has 0 radical (unpaired) electrons. The molecule has 37 heteroatoms. The average molecular weight is 1650 g/mol. The van der Waals surface area contributed by atoms with Gasteiger partial charge in [0.25, 0.3) is 0 Å². The number of aromatic nitrogens is 2. The zero-order chi connectivity index (χ0) is 85.9. The summed E-state index contributed by atoms with van der Waals surface area (Å²) in [4.78, 5) is 225. The maximum absolute atomic E-state index is 15.2. The number of primary amides is 2. The van der Waals surface area contributed by atoms with Crippen molar-refractivity contribution < 1.29 is 82.1 Å². The summed E-state index contributed by atoms with van der Waals surface area (Å²) in [7, 11) is 4.21. The Morgan fingerprint density at radius 1 is 0.564 bits per heavy atom. The normalized spacial score (nSPS) is 17.1. The van der Waals surface area contributed by atoms with Crippen molar-refractivity contribution in [3.8, 4) is 5.75 Å². The first-order valence-electron chi connectivity index (χ1n) is 39.6. The number of nitrogens with zero attached hydrogens (tertiary/aromatic N) is 5. The van der Waals surface area contributed by atoms with Crippen molar-refractivity contribution in [1.82, 2.24) is 71.7 Å². The van der Waals surface area contributed by atoms with E-state index < -0.39 is 193 Å². The molecule has 0 spiro atoms. The van der Waals surface area contributed by atoms with E-state index in [-0.39, 0.29) is 82.4 Å². The number of likely N-dealkylation sites (N-methyl/N-ethyl adjacent to an activating group) is 3. The van der Waals surface area contributed by atoms with E-state index in [9.17, 15) is 58.2 Å². The SMILES string of the molecule is CCCC[C@@H](C(=O)N(C)[C@@H](CCCC)C(N)=O)N(C)C(=O)[C@H](Cc1c[nH]c2ccccc12)NC(=O)[C@H](CCN)NC(=O)[C@H](Cc1c[nH]c2ccccc12)NC(=O)[C@@H]1C[C@@H](O)CN1C(=O)[C@H](CCC(C)=O)NC(=O)[C@H](CN)NC(=O)[C@@H]1CCCN1C(=O)[C@H](CC(N)=O)NC(=O)[C@H](C)N(C)C(=O)[C@H](Cc1ccc(O)cc1)NC(=O)CSCCN. The number of amides is 14. The summed E-state index contributed by atoms with van der Waals surface area (Å²) >= 11 is 1.24. The van der Waals surface area contributed by atoms with Gasteiger partial charge in [-0.2, -0.15) is 11.8 Å². The van der Waals surface area contributed by atoms with E-state index in [1.165, 1.54) is 68.7 Å². The molecule has 13 atom stereocenters. The van der Waals surface area contributed by atoms with Gasteiger partial charge in [-0.15, -0.1) is 0 Å². The third-order valence-electron chi connectivity index (χ3n) is 21.2. The minimum absolute atomic E-state index is 0.00832. The van der Waals surface area contributed by atoms with Crippen LogP contribution in [0.25, 0.3) is 21.8 Å². The minimum Gasteiger partial charge on any atom is -0.508 e. The Bertz CT molecular complexity index is 4330. The zero-order valence-electron chi connectivity index (χ0n) is 67.4. The van der Waals surface area contributed by atoms with Crippen LogP contribution in [0.4, 0.5) is 0 Å². The maximum atomic E-state index is 15.2. The minimum atomic E-state index is -1.69. The molecule has 2 aromatic heterocycles. The van der Waals surface area contributed by atoms with Gasteiger partial charge in [-0.25, -0.2) is 0 Å². The number of hydrogen-bond donors (Lipinski definition) is 16. The highest BCUT2D eigenvalue weighted by molar-refractivity contribution is 7.99. The van der Waals surface area contributed by atoms with Gasteiger partial charge in [0, 0.05) is 119 Å². The van der Waals surface area contributed by atoms with Crippen LogP contribution in [-0.4, -0.2) is 277 Å².